The van der Waals surface area contributed by atoms with Gasteiger partial charge in [-0.15, -0.1) is 0 Å². The number of rotatable bonds is 7. The van der Waals surface area contributed by atoms with Gasteiger partial charge in [-0.1, -0.05) is 18.2 Å². The summed E-state index contributed by atoms with van der Waals surface area (Å²) in [6, 6.07) is 11.9. The molecule has 0 aliphatic carbocycles. The van der Waals surface area contributed by atoms with Gasteiger partial charge in [0.15, 0.2) is 0 Å². The molecule has 0 atom stereocenters. The van der Waals surface area contributed by atoms with Gasteiger partial charge in [0.2, 0.25) is 5.76 Å². The van der Waals surface area contributed by atoms with Crippen molar-refractivity contribution in [3.05, 3.63) is 59.4 Å². The summed E-state index contributed by atoms with van der Waals surface area (Å²) in [5.41, 5.74) is 1.21. The van der Waals surface area contributed by atoms with E-state index in [2.05, 4.69) is 0 Å². The quantitative estimate of drug-likeness (QED) is 0.570. The third-order valence-electron chi connectivity index (χ3n) is 4.14. The fraction of sp³-hybridized carbons (Fsp3) is 0.238. The van der Waals surface area contributed by atoms with Crippen molar-refractivity contribution in [1.29, 1.82) is 0 Å². The molecule has 0 aliphatic heterocycles. The van der Waals surface area contributed by atoms with Gasteiger partial charge >= 0.3 is 11.9 Å². The average molecular weight is 384 g/mol. The van der Waals surface area contributed by atoms with E-state index >= 15 is 0 Å². The maximum absolute atomic E-state index is 12.6. The fourth-order valence-corrected chi connectivity index (χ4v) is 2.79. The van der Waals surface area contributed by atoms with Crippen LogP contribution in [-0.4, -0.2) is 32.8 Å². The van der Waals surface area contributed by atoms with Crippen LogP contribution in [0.5, 0.6) is 11.5 Å². The highest BCUT2D eigenvalue weighted by atomic mass is 16.5. The second kappa shape index (κ2) is 8.47. The van der Waals surface area contributed by atoms with E-state index in [1.807, 2.05) is 6.07 Å². The monoisotopic (exact) mass is 384 g/mol. The minimum atomic E-state index is -0.605. The van der Waals surface area contributed by atoms with E-state index in [0.29, 0.717) is 28.0 Å². The van der Waals surface area contributed by atoms with Gasteiger partial charge in [0, 0.05) is 11.5 Å². The maximum Gasteiger partial charge on any atom is 0.374 e. The molecule has 2 aromatic carbocycles. The Balaban J connectivity index is 1.88. The average Bonchev–Trinajstić information content (AvgIpc) is 3.10. The minimum Gasteiger partial charge on any atom is -0.497 e. The summed E-state index contributed by atoms with van der Waals surface area (Å²) in [6.45, 7) is 1.76. The summed E-state index contributed by atoms with van der Waals surface area (Å²) in [5.74, 6) is -0.297. The zero-order valence-corrected chi connectivity index (χ0v) is 15.8. The lowest BCUT2D eigenvalue weighted by molar-refractivity contribution is 0.0433. The molecular formula is C21H20O7. The first kappa shape index (κ1) is 19.3. The molecule has 0 spiro atoms. The summed E-state index contributed by atoms with van der Waals surface area (Å²) in [6.07, 6.45) is 0. The molecule has 7 heteroatoms. The van der Waals surface area contributed by atoms with E-state index in [9.17, 15) is 9.59 Å². The maximum atomic E-state index is 12.6. The first-order valence-electron chi connectivity index (χ1n) is 8.65. The Morgan fingerprint density at radius 2 is 1.75 bits per heavy atom. The van der Waals surface area contributed by atoms with Crippen molar-refractivity contribution in [3.63, 3.8) is 0 Å². The fourth-order valence-electron chi connectivity index (χ4n) is 2.79. The second-order valence-electron chi connectivity index (χ2n) is 5.77. The Morgan fingerprint density at radius 3 is 2.46 bits per heavy atom. The highest BCUT2D eigenvalue weighted by Gasteiger charge is 2.23. The number of hydrogen-bond acceptors (Lipinski definition) is 7. The molecule has 3 rings (SSSR count). The van der Waals surface area contributed by atoms with Crippen LogP contribution < -0.4 is 9.47 Å². The predicted molar refractivity (Wildman–Crippen MR) is 101 cm³/mol. The van der Waals surface area contributed by atoms with Gasteiger partial charge in [0.1, 0.15) is 29.3 Å². The van der Waals surface area contributed by atoms with Crippen molar-refractivity contribution in [3.8, 4) is 11.5 Å². The van der Waals surface area contributed by atoms with Crippen LogP contribution in [0, 0.1) is 0 Å². The molecule has 0 saturated heterocycles. The second-order valence-corrected chi connectivity index (χ2v) is 5.77. The molecule has 146 valence electrons. The van der Waals surface area contributed by atoms with Crippen LogP contribution in [0.25, 0.3) is 11.0 Å². The molecule has 28 heavy (non-hydrogen) atoms. The molecule has 0 unspecified atom stereocenters. The van der Waals surface area contributed by atoms with Crippen molar-refractivity contribution in [2.75, 3.05) is 20.8 Å². The Kier molecular flexibility index (Phi) is 5.84. The normalized spacial score (nSPS) is 10.5. The standard InChI is InChI=1S/C21H20O7/c1-4-26-21(23)19-16(14-7-5-6-8-17(14)28-19)12-27-20(22)15-10-9-13(24-2)11-18(15)25-3/h5-11H,4,12H2,1-3H3. The van der Waals surface area contributed by atoms with E-state index < -0.39 is 11.9 Å². The summed E-state index contributed by atoms with van der Waals surface area (Å²) in [4.78, 5) is 24.8. The number of ether oxygens (including phenoxy) is 4. The van der Waals surface area contributed by atoms with Crippen LogP contribution in [0.3, 0.4) is 0 Å². The summed E-state index contributed by atoms with van der Waals surface area (Å²) >= 11 is 0. The molecule has 0 radical (unpaired) electrons. The largest absolute Gasteiger partial charge is 0.497 e. The van der Waals surface area contributed by atoms with E-state index in [4.69, 9.17) is 23.4 Å². The molecule has 1 heterocycles. The number of carbonyl (C=O) groups excluding carboxylic acids is 2. The SMILES string of the molecule is CCOC(=O)c1oc2ccccc2c1COC(=O)c1ccc(OC)cc1OC. The first-order valence-corrected chi connectivity index (χ1v) is 8.65. The number of hydrogen-bond donors (Lipinski definition) is 0. The van der Waals surface area contributed by atoms with Gasteiger partial charge in [0.25, 0.3) is 0 Å². The molecule has 3 aromatic rings. The lowest BCUT2D eigenvalue weighted by Gasteiger charge is -2.10. The number of methoxy groups -OCH3 is 2. The highest BCUT2D eigenvalue weighted by molar-refractivity contribution is 5.97. The lowest BCUT2D eigenvalue weighted by Crippen LogP contribution is -2.10. The van der Waals surface area contributed by atoms with E-state index in [1.54, 1.807) is 43.3 Å². The number of fused-ring (bicyclic) bond motifs is 1. The van der Waals surface area contributed by atoms with Crippen LogP contribution in [0.15, 0.2) is 46.9 Å². The third-order valence-corrected chi connectivity index (χ3v) is 4.14. The zero-order valence-electron chi connectivity index (χ0n) is 15.8. The first-order chi connectivity index (χ1) is 13.6. The molecule has 0 amide bonds. The molecule has 7 nitrogen and oxygen atoms in total. The number of carbonyl (C=O) groups is 2. The summed E-state index contributed by atoms with van der Waals surface area (Å²) in [7, 11) is 2.97. The van der Waals surface area contributed by atoms with Crippen molar-refractivity contribution in [1.82, 2.24) is 0 Å². The molecule has 0 N–H and O–H groups in total. The van der Waals surface area contributed by atoms with Gasteiger partial charge in [-0.05, 0) is 25.1 Å². The lowest BCUT2D eigenvalue weighted by atomic mass is 10.1. The molecule has 0 fully saturated rings. The Labute approximate surface area is 161 Å². The molecule has 0 saturated carbocycles. The number of esters is 2. The molecule has 1 aromatic heterocycles. The Hall–Kier alpha value is -3.48. The van der Waals surface area contributed by atoms with Gasteiger partial charge < -0.3 is 23.4 Å². The van der Waals surface area contributed by atoms with Gasteiger partial charge in [0.05, 0.1) is 26.4 Å². The van der Waals surface area contributed by atoms with Gasteiger partial charge in [-0.2, -0.15) is 0 Å². The van der Waals surface area contributed by atoms with Crippen LogP contribution in [0.4, 0.5) is 0 Å². The van der Waals surface area contributed by atoms with E-state index in [-0.39, 0.29) is 24.5 Å². The molecular weight excluding hydrogens is 364 g/mol. The van der Waals surface area contributed by atoms with Crippen LogP contribution in [0.1, 0.15) is 33.4 Å². The van der Waals surface area contributed by atoms with Crippen LogP contribution >= 0.6 is 0 Å². The topological polar surface area (TPSA) is 84.2 Å². The summed E-state index contributed by atoms with van der Waals surface area (Å²) < 4.78 is 26.5. The predicted octanol–water partition coefficient (Wildman–Crippen LogP) is 3.98. The van der Waals surface area contributed by atoms with Gasteiger partial charge in [-0.25, -0.2) is 9.59 Å². The van der Waals surface area contributed by atoms with E-state index in [1.165, 1.54) is 14.2 Å². The zero-order chi connectivity index (χ0) is 20.1. The molecule has 0 bridgehead atoms. The molecule has 0 aliphatic rings. The van der Waals surface area contributed by atoms with Crippen molar-refractivity contribution in [2.24, 2.45) is 0 Å². The van der Waals surface area contributed by atoms with Crippen LogP contribution in [-0.2, 0) is 16.1 Å². The number of para-hydroxylation sites is 1. The highest BCUT2D eigenvalue weighted by Crippen LogP contribution is 2.29. The van der Waals surface area contributed by atoms with Crippen molar-refractivity contribution >= 4 is 22.9 Å². The van der Waals surface area contributed by atoms with Crippen molar-refractivity contribution in [2.45, 2.75) is 13.5 Å². The van der Waals surface area contributed by atoms with Crippen LogP contribution in [0.2, 0.25) is 0 Å². The third kappa shape index (κ3) is 3.78. The number of furan rings is 1. The van der Waals surface area contributed by atoms with E-state index in [0.717, 1.165) is 0 Å². The number of benzene rings is 2. The van der Waals surface area contributed by atoms with Gasteiger partial charge in [-0.3, -0.25) is 0 Å². The minimum absolute atomic E-state index is 0.0255. The smallest absolute Gasteiger partial charge is 0.374 e. The Bertz CT molecular complexity index is 1000. The summed E-state index contributed by atoms with van der Waals surface area (Å²) in [5, 5.41) is 0.681. The van der Waals surface area contributed by atoms with Crippen molar-refractivity contribution < 1.29 is 33.0 Å². The Morgan fingerprint density at radius 1 is 0.964 bits per heavy atom.